The highest BCUT2D eigenvalue weighted by Crippen LogP contribution is 2.23. The quantitative estimate of drug-likeness (QED) is 0.794. The number of nitrogens with zero attached hydrogens (tertiary/aromatic N) is 3. The maximum atomic E-state index is 12.5. The number of amides is 1. The summed E-state index contributed by atoms with van der Waals surface area (Å²) in [5.41, 5.74) is 2.25. The standard InChI is InChI=1S/C18H20N4OS/c1-21-11-13(15-4-2-3-5-16(15)21)10-17(23)20-14-6-8-22(12-14)18-19-7-9-24-18/h2-5,7,9,11,14H,6,8,10,12H2,1H3,(H,20,23). The first-order valence-electron chi connectivity index (χ1n) is 8.17. The second kappa shape index (κ2) is 6.28. The first kappa shape index (κ1) is 15.2. The van der Waals surface area contributed by atoms with E-state index in [1.807, 2.05) is 30.8 Å². The van der Waals surface area contributed by atoms with Crippen LogP contribution in [0, 0.1) is 0 Å². The molecular formula is C18H20N4OS. The summed E-state index contributed by atoms with van der Waals surface area (Å²) in [5.74, 6) is 0.0948. The summed E-state index contributed by atoms with van der Waals surface area (Å²) in [6.45, 7) is 1.79. The number of aromatic nitrogens is 2. The van der Waals surface area contributed by atoms with Crippen molar-refractivity contribution in [1.82, 2.24) is 14.9 Å². The number of carbonyl (C=O) groups excluding carboxylic acids is 1. The summed E-state index contributed by atoms with van der Waals surface area (Å²) in [7, 11) is 2.02. The van der Waals surface area contributed by atoms with Crippen molar-refractivity contribution < 1.29 is 4.79 Å². The average molecular weight is 340 g/mol. The van der Waals surface area contributed by atoms with Gasteiger partial charge >= 0.3 is 0 Å². The Morgan fingerprint density at radius 1 is 1.42 bits per heavy atom. The molecule has 1 aromatic carbocycles. The molecule has 0 aliphatic carbocycles. The SMILES string of the molecule is Cn1cc(CC(=O)NC2CCN(c3nccs3)C2)c2ccccc21. The third kappa shape index (κ3) is 2.89. The predicted octanol–water partition coefficient (Wildman–Crippen LogP) is 2.57. The van der Waals surface area contributed by atoms with Gasteiger partial charge in [0.15, 0.2) is 5.13 Å². The van der Waals surface area contributed by atoms with E-state index in [4.69, 9.17) is 0 Å². The van der Waals surface area contributed by atoms with Crippen LogP contribution in [0.2, 0.25) is 0 Å². The fourth-order valence-corrected chi connectivity index (χ4v) is 4.12. The van der Waals surface area contributed by atoms with E-state index in [9.17, 15) is 4.79 Å². The first-order valence-corrected chi connectivity index (χ1v) is 9.05. The zero-order chi connectivity index (χ0) is 16.5. The molecule has 1 atom stereocenters. The van der Waals surface area contributed by atoms with Crippen LogP contribution in [0.1, 0.15) is 12.0 Å². The number of hydrogen-bond donors (Lipinski definition) is 1. The van der Waals surface area contributed by atoms with Crippen molar-refractivity contribution in [3.8, 4) is 0 Å². The van der Waals surface area contributed by atoms with E-state index in [2.05, 4.69) is 38.1 Å². The highest BCUT2D eigenvalue weighted by Gasteiger charge is 2.25. The molecule has 1 aliphatic rings. The topological polar surface area (TPSA) is 50.2 Å². The molecule has 0 bridgehead atoms. The maximum absolute atomic E-state index is 12.5. The van der Waals surface area contributed by atoms with Crippen molar-refractivity contribution in [1.29, 1.82) is 0 Å². The van der Waals surface area contributed by atoms with E-state index in [0.29, 0.717) is 6.42 Å². The monoisotopic (exact) mass is 340 g/mol. The van der Waals surface area contributed by atoms with Gasteiger partial charge in [-0.3, -0.25) is 4.79 Å². The van der Waals surface area contributed by atoms with Gasteiger partial charge in [-0.2, -0.15) is 0 Å². The van der Waals surface area contributed by atoms with E-state index in [0.717, 1.165) is 41.1 Å². The number of fused-ring (bicyclic) bond motifs is 1. The smallest absolute Gasteiger partial charge is 0.224 e. The average Bonchev–Trinajstić information content (AvgIpc) is 3.29. The van der Waals surface area contributed by atoms with E-state index in [1.165, 1.54) is 0 Å². The Hall–Kier alpha value is -2.34. The Balaban J connectivity index is 1.40. The maximum Gasteiger partial charge on any atom is 0.224 e. The van der Waals surface area contributed by atoms with Crippen LogP contribution in [0.25, 0.3) is 10.9 Å². The van der Waals surface area contributed by atoms with Crippen molar-refractivity contribution in [2.75, 3.05) is 18.0 Å². The van der Waals surface area contributed by atoms with E-state index >= 15 is 0 Å². The van der Waals surface area contributed by atoms with Crippen LogP contribution in [0.15, 0.2) is 42.0 Å². The number of nitrogens with one attached hydrogen (secondary N) is 1. The van der Waals surface area contributed by atoms with Gasteiger partial charge in [0.1, 0.15) is 0 Å². The Labute approximate surface area is 144 Å². The number of thiazole rings is 1. The normalized spacial score (nSPS) is 17.5. The lowest BCUT2D eigenvalue weighted by Gasteiger charge is -2.15. The second-order valence-corrected chi connectivity index (χ2v) is 7.15. The van der Waals surface area contributed by atoms with Gasteiger partial charge in [-0.15, -0.1) is 11.3 Å². The molecule has 1 saturated heterocycles. The summed E-state index contributed by atoms with van der Waals surface area (Å²) >= 11 is 1.65. The minimum Gasteiger partial charge on any atom is -0.351 e. The van der Waals surface area contributed by atoms with Gasteiger partial charge in [0.25, 0.3) is 0 Å². The minimum atomic E-state index is 0.0948. The van der Waals surface area contributed by atoms with Gasteiger partial charge in [-0.05, 0) is 18.1 Å². The zero-order valence-corrected chi connectivity index (χ0v) is 14.4. The third-order valence-electron chi connectivity index (χ3n) is 4.57. The molecule has 1 amide bonds. The molecule has 3 heterocycles. The fourth-order valence-electron chi connectivity index (χ4n) is 3.44. The van der Waals surface area contributed by atoms with Crippen molar-refractivity contribution in [2.24, 2.45) is 7.05 Å². The molecule has 0 saturated carbocycles. The first-order chi connectivity index (χ1) is 11.7. The van der Waals surface area contributed by atoms with E-state index in [1.54, 1.807) is 11.3 Å². The fraction of sp³-hybridized carbons (Fsp3) is 0.333. The zero-order valence-electron chi connectivity index (χ0n) is 13.6. The van der Waals surface area contributed by atoms with Crippen LogP contribution in [-0.2, 0) is 18.3 Å². The molecule has 24 heavy (non-hydrogen) atoms. The third-order valence-corrected chi connectivity index (χ3v) is 5.41. The Bertz CT molecular complexity index is 855. The molecule has 1 fully saturated rings. The Morgan fingerprint density at radius 2 is 2.29 bits per heavy atom. The Kier molecular flexibility index (Phi) is 3.98. The molecule has 0 spiro atoms. The number of rotatable bonds is 4. The lowest BCUT2D eigenvalue weighted by molar-refractivity contribution is -0.121. The van der Waals surface area contributed by atoms with Crippen LogP contribution >= 0.6 is 11.3 Å². The highest BCUT2D eigenvalue weighted by molar-refractivity contribution is 7.13. The number of hydrogen-bond acceptors (Lipinski definition) is 4. The molecule has 5 nitrogen and oxygen atoms in total. The van der Waals surface area contributed by atoms with Gasteiger partial charge in [-0.25, -0.2) is 4.98 Å². The number of aryl methyl sites for hydroxylation is 1. The van der Waals surface area contributed by atoms with Crippen molar-refractivity contribution in [3.05, 3.63) is 47.6 Å². The van der Waals surface area contributed by atoms with Crippen LogP contribution in [-0.4, -0.2) is 34.6 Å². The summed E-state index contributed by atoms with van der Waals surface area (Å²) in [4.78, 5) is 19.1. The second-order valence-electron chi connectivity index (χ2n) is 6.27. The summed E-state index contributed by atoms with van der Waals surface area (Å²) in [6, 6.07) is 8.42. The minimum absolute atomic E-state index is 0.0948. The molecule has 4 rings (SSSR count). The lowest BCUT2D eigenvalue weighted by Crippen LogP contribution is -2.37. The summed E-state index contributed by atoms with van der Waals surface area (Å²) in [6.07, 6.45) is 5.28. The largest absolute Gasteiger partial charge is 0.351 e. The highest BCUT2D eigenvalue weighted by atomic mass is 32.1. The van der Waals surface area contributed by atoms with Crippen LogP contribution in [0.4, 0.5) is 5.13 Å². The van der Waals surface area contributed by atoms with Gasteiger partial charge in [-0.1, -0.05) is 18.2 Å². The molecule has 0 radical (unpaired) electrons. The van der Waals surface area contributed by atoms with Crippen LogP contribution in [0.3, 0.4) is 0 Å². The summed E-state index contributed by atoms with van der Waals surface area (Å²) < 4.78 is 2.08. The molecular weight excluding hydrogens is 320 g/mol. The molecule has 6 heteroatoms. The van der Waals surface area contributed by atoms with Crippen molar-refractivity contribution in [3.63, 3.8) is 0 Å². The van der Waals surface area contributed by atoms with Crippen molar-refractivity contribution in [2.45, 2.75) is 18.9 Å². The van der Waals surface area contributed by atoms with Crippen molar-refractivity contribution >= 4 is 33.3 Å². The molecule has 1 unspecified atom stereocenters. The molecule has 2 aromatic heterocycles. The van der Waals surface area contributed by atoms with Crippen LogP contribution < -0.4 is 10.2 Å². The molecule has 124 valence electrons. The van der Waals surface area contributed by atoms with Gasteiger partial charge < -0.3 is 14.8 Å². The predicted molar refractivity (Wildman–Crippen MR) is 97.5 cm³/mol. The lowest BCUT2D eigenvalue weighted by atomic mass is 10.1. The number of para-hydroxylation sites is 1. The Morgan fingerprint density at radius 3 is 3.12 bits per heavy atom. The molecule has 1 aliphatic heterocycles. The van der Waals surface area contributed by atoms with Gasteiger partial charge in [0.2, 0.25) is 5.91 Å². The van der Waals surface area contributed by atoms with Gasteiger partial charge in [0.05, 0.1) is 6.42 Å². The number of carbonyl (C=O) groups is 1. The summed E-state index contributed by atoms with van der Waals surface area (Å²) in [5, 5.41) is 7.37. The number of benzene rings is 1. The van der Waals surface area contributed by atoms with E-state index in [-0.39, 0.29) is 11.9 Å². The van der Waals surface area contributed by atoms with E-state index < -0.39 is 0 Å². The molecule has 3 aromatic rings. The molecule has 1 N–H and O–H groups in total. The van der Waals surface area contributed by atoms with Crippen LogP contribution in [0.5, 0.6) is 0 Å². The van der Waals surface area contributed by atoms with Gasteiger partial charge in [0, 0.05) is 54.9 Å². The number of anilines is 1.